The molecular formula is C45H77N7O8. The van der Waals surface area contributed by atoms with Crippen LogP contribution in [0.5, 0.6) is 0 Å². The molecule has 0 aromatic heterocycles. The number of carbonyl (C=O) groups excluding carboxylic acids is 5. The molecule has 15 nitrogen and oxygen atoms in total. The van der Waals surface area contributed by atoms with E-state index in [1.54, 1.807) is 40.0 Å². The molecular weight excluding hydrogens is 767 g/mol. The van der Waals surface area contributed by atoms with E-state index in [0.717, 1.165) is 18.4 Å². The summed E-state index contributed by atoms with van der Waals surface area (Å²) in [5, 5.41) is 5.76. The number of benzene rings is 1. The molecule has 1 fully saturated rings. The van der Waals surface area contributed by atoms with Gasteiger partial charge in [0.25, 0.3) is 11.8 Å². The van der Waals surface area contributed by atoms with E-state index in [4.69, 9.17) is 19.9 Å². The maximum Gasteiger partial charge on any atom is 0.268 e. The summed E-state index contributed by atoms with van der Waals surface area (Å²) in [6.07, 6.45) is 0.604. The van der Waals surface area contributed by atoms with Gasteiger partial charge in [-0.05, 0) is 58.2 Å². The Labute approximate surface area is 359 Å². The van der Waals surface area contributed by atoms with Gasteiger partial charge in [0.15, 0.2) is 0 Å². The molecule has 1 aliphatic rings. The first kappa shape index (κ1) is 52.4. The van der Waals surface area contributed by atoms with Crippen molar-refractivity contribution in [2.24, 2.45) is 40.3 Å². The van der Waals surface area contributed by atoms with E-state index < -0.39 is 42.4 Å². The molecule has 5 amide bonds. The number of hydrogen-bond donors (Lipinski definition) is 3. The molecule has 0 aliphatic carbocycles. The maximum atomic E-state index is 14.3. The molecule has 1 aliphatic heterocycles. The Morgan fingerprint density at radius 1 is 0.933 bits per heavy atom. The second kappa shape index (κ2) is 25.2. The molecule has 1 aromatic carbocycles. The van der Waals surface area contributed by atoms with Gasteiger partial charge in [-0.25, -0.2) is 4.99 Å². The molecule has 2 rings (SSSR count). The SMILES string of the molecule is CC[C@H](C)[C@H](CN(C)C(=O)C(=NC(=O)[C@H](C(C)C)N(C)C)C(C)C)[C@@H](CC(=O)N1CCC[C@H]1[C@H](OC)[C@@H](C)C(=O)N[C@H](C)[C@@H](OCNC(=O)[C@H](C)N)c1ccccc1)OC. The fourth-order valence-corrected chi connectivity index (χ4v) is 8.23. The largest absolute Gasteiger partial charge is 0.381 e. The van der Waals surface area contributed by atoms with Crippen molar-refractivity contribution in [1.82, 2.24) is 25.3 Å². The number of amides is 5. The van der Waals surface area contributed by atoms with Gasteiger partial charge in [0.1, 0.15) is 18.5 Å². The Morgan fingerprint density at radius 3 is 2.08 bits per heavy atom. The van der Waals surface area contributed by atoms with Gasteiger partial charge >= 0.3 is 0 Å². The Morgan fingerprint density at radius 2 is 1.57 bits per heavy atom. The number of rotatable bonds is 24. The van der Waals surface area contributed by atoms with Gasteiger partial charge in [-0.15, -0.1) is 0 Å². The predicted octanol–water partition coefficient (Wildman–Crippen LogP) is 4.05. The fourth-order valence-electron chi connectivity index (χ4n) is 8.23. The summed E-state index contributed by atoms with van der Waals surface area (Å²) in [5.74, 6) is -2.41. The number of likely N-dealkylation sites (N-methyl/N-ethyl adjacent to an activating group) is 1. The van der Waals surface area contributed by atoms with Crippen molar-refractivity contribution in [3.05, 3.63) is 35.9 Å². The van der Waals surface area contributed by atoms with Crippen LogP contribution in [0, 0.1) is 29.6 Å². The van der Waals surface area contributed by atoms with Crippen LogP contribution < -0.4 is 16.4 Å². The molecule has 340 valence electrons. The Kier molecular flexibility index (Phi) is 22.0. The van der Waals surface area contributed by atoms with Gasteiger partial charge < -0.3 is 40.4 Å². The van der Waals surface area contributed by atoms with Crippen LogP contribution in [0.3, 0.4) is 0 Å². The van der Waals surface area contributed by atoms with Gasteiger partial charge in [-0.3, -0.25) is 28.9 Å². The number of likely N-dealkylation sites (tertiary alicyclic amines) is 1. The highest BCUT2D eigenvalue weighted by Crippen LogP contribution is 2.31. The van der Waals surface area contributed by atoms with Crippen molar-refractivity contribution in [2.45, 2.75) is 130 Å². The highest BCUT2D eigenvalue weighted by atomic mass is 16.5. The molecule has 0 unspecified atom stereocenters. The number of nitrogens with one attached hydrogen (secondary N) is 2. The van der Waals surface area contributed by atoms with Crippen molar-refractivity contribution in [2.75, 3.05) is 55.2 Å². The van der Waals surface area contributed by atoms with E-state index in [9.17, 15) is 24.0 Å². The topological polar surface area (TPSA) is 185 Å². The Bertz CT molecular complexity index is 1550. The Hall–Kier alpha value is -3.76. The van der Waals surface area contributed by atoms with E-state index in [0.29, 0.717) is 19.5 Å². The molecule has 1 saturated heterocycles. The van der Waals surface area contributed by atoms with Gasteiger partial charge in [0.2, 0.25) is 17.7 Å². The van der Waals surface area contributed by atoms with Crippen LogP contribution in [0.2, 0.25) is 0 Å². The minimum atomic E-state index is -0.692. The van der Waals surface area contributed by atoms with Gasteiger partial charge in [-0.1, -0.05) is 85.2 Å². The van der Waals surface area contributed by atoms with Gasteiger partial charge in [0, 0.05) is 46.2 Å². The summed E-state index contributed by atoms with van der Waals surface area (Å²) in [6, 6.07) is 7.45. The van der Waals surface area contributed by atoms with Gasteiger partial charge in [0.05, 0.1) is 48.7 Å². The molecule has 0 spiro atoms. The molecule has 0 radical (unpaired) electrons. The first-order chi connectivity index (χ1) is 28.2. The lowest BCUT2D eigenvalue weighted by Gasteiger charge is -2.37. The third-order valence-corrected chi connectivity index (χ3v) is 11.9. The second-order valence-corrected chi connectivity index (χ2v) is 17.4. The lowest BCUT2D eigenvalue weighted by molar-refractivity contribution is -0.143. The minimum Gasteiger partial charge on any atom is -0.381 e. The van der Waals surface area contributed by atoms with Gasteiger partial charge in [-0.2, -0.15) is 0 Å². The van der Waals surface area contributed by atoms with Crippen LogP contribution in [-0.2, 0) is 38.2 Å². The van der Waals surface area contributed by atoms with Crippen LogP contribution in [0.15, 0.2) is 35.3 Å². The molecule has 0 bridgehead atoms. The zero-order chi connectivity index (χ0) is 45.4. The standard InChI is InChI=1S/C45H77N7O8/c1-15-29(6)34(25-51(12)45(57)38(27(2)3)49-44(56)39(28(4)5)50(10)11)36(58-13)24-37(53)52-23-19-22-35(52)40(59-14)30(7)42(54)48-32(9)41(33-20-17-16-18-21-33)60-26-47-43(55)31(8)46/h16-18,20-21,27-32,34-36,39-41H,15,19,22-26,46H2,1-14H3,(H,47,55)(H,48,54)/t29-,30+,31-,32+,34-,35-,36+,39-,40+,41+/m0/s1. The summed E-state index contributed by atoms with van der Waals surface area (Å²) < 4.78 is 18.1. The zero-order valence-electron chi connectivity index (χ0n) is 38.9. The van der Waals surface area contributed by atoms with Crippen molar-refractivity contribution in [3.8, 4) is 0 Å². The summed E-state index contributed by atoms with van der Waals surface area (Å²) in [6.45, 7) is 17.7. The zero-order valence-corrected chi connectivity index (χ0v) is 38.9. The summed E-state index contributed by atoms with van der Waals surface area (Å²) >= 11 is 0. The number of nitrogens with zero attached hydrogens (tertiary/aromatic N) is 4. The van der Waals surface area contributed by atoms with Crippen molar-refractivity contribution in [1.29, 1.82) is 0 Å². The van der Waals surface area contributed by atoms with Crippen LogP contribution in [0.1, 0.15) is 99.7 Å². The quantitative estimate of drug-likeness (QED) is 0.101. The van der Waals surface area contributed by atoms with Crippen LogP contribution in [-0.4, -0.2) is 142 Å². The van der Waals surface area contributed by atoms with Crippen LogP contribution >= 0.6 is 0 Å². The second-order valence-electron chi connectivity index (χ2n) is 17.4. The number of ether oxygens (including phenoxy) is 3. The fraction of sp³-hybridized carbons (Fsp3) is 0.733. The van der Waals surface area contributed by atoms with E-state index in [1.807, 2.05) is 88.8 Å². The summed E-state index contributed by atoms with van der Waals surface area (Å²) in [7, 11) is 8.53. The van der Waals surface area contributed by atoms with Crippen molar-refractivity contribution >= 4 is 35.2 Å². The average molecular weight is 844 g/mol. The lowest BCUT2D eigenvalue weighted by atomic mass is 9.84. The normalized spacial score (nSPS) is 19.3. The third-order valence-electron chi connectivity index (χ3n) is 11.9. The Balaban J connectivity index is 2.25. The highest BCUT2D eigenvalue weighted by Gasteiger charge is 2.42. The summed E-state index contributed by atoms with van der Waals surface area (Å²) in [4.78, 5) is 77.1. The molecule has 1 heterocycles. The van der Waals surface area contributed by atoms with E-state index >= 15 is 0 Å². The predicted molar refractivity (Wildman–Crippen MR) is 235 cm³/mol. The number of nitrogens with two attached hydrogens (primary N) is 1. The smallest absolute Gasteiger partial charge is 0.268 e. The van der Waals surface area contributed by atoms with E-state index in [-0.39, 0.29) is 78.1 Å². The average Bonchev–Trinajstić information content (AvgIpc) is 3.68. The first-order valence-electron chi connectivity index (χ1n) is 21.6. The number of hydrogen-bond acceptors (Lipinski definition) is 10. The highest BCUT2D eigenvalue weighted by molar-refractivity contribution is 6.41. The third kappa shape index (κ3) is 14.7. The molecule has 60 heavy (non-hydrogen) atoms. The number of aliphatic imine (C=N–C) groups is 1. The van der Waals surface area contributed by atoms with E-state index in [1.165, 1.54) is 0 Å². The molecule has 4 N–H and O–H groups in total. The molecule has 0 saturated carbocycles. The number of methoxy groups -OCH3 is 2. The van der Waals surface area contributed by atoms with E-state index in [2.05, 4.69) is 29.5 Å². The lowest BCUT2D eigenvalue weighted by Crippen LogP contribution is -2.52. The van der Waals surface area contributed by atoms with Crippen LogP contribution in [0.4, 0.5) is 0 Å². The summed E-state index contributed by atoms with van der Waals surface area (Å²) in [5.41, 5.74) is 6.72. The molecule has 10 atom stereocenters. The minimum absolute atomic E-state index is 0.0114. The van der Waals surface area contributed by atoms with Crippen molar-refractivity contribution in [3.63, 3.8) is 0 Å². The molecule has 1 aromatic rings. The maximum absolute atomic E-state index is 14.3. The monoisotopic (exact) mass is 844 g/mol. The van der Waals surface area contributed by atoms with Crippen molar-refractivity contribution < 1.29 is 38.2 Å². The number of carbonyl (C=O) groups is 5. The van der Waals surface area contributed by atoms with Crippen LogP contribution in [0.25, 0.3) is 0 Å². The molecule has 15 heteroatoms. The first-order valence-corrected chi connectivity index (χ1v) is 21.6.